The van der Waals surface area contributed by atoms with Gasteiger partial charge in [-0.15, -0.1) is 11.3 Å². The molecule has 1 aromatic rings. The number of hydrogen-bond acceptors (Lipinski definition) is 3. The maximum absolute atomic E-state index is 12.0. The fourth-order valence-electron chi connectivity index (χ4n) is 0.664. The molecule has 0 aliphatic rings. The average molecular weight is 176 g/mol. The number of rotatable bonds is 2. The quantitative estimate of drug-likeness (QED) is 0.688. The van der Waals surface area contributed by atoms with Crippen molar-refractivity contribution in [2.75, 3.05) is 0 Å². The smallest absolute Gasteiger partial charge is 0.281 e. The van der Waals surface area contributed by atoms with E-state index >= 15 is 0 Å². The molecule has 0 bridgehead atoms. The molecule has 11 heavy (non-hydrogen) atoms. The molecule has 0 spiro atoms. The van der Waals surface area contributed by atoms with Gasteiger partial charge in [-0.2, -0.15) is 0 Å². The Morgan fingerprint density at radius 2 is 2.27 bits per heavy atom. The van der Waals surface area contributed by atoms with Crippen LogP contribution in [0.4, 0.5) is 8.78 Å². The van der Waals surface area contributed by atoms with E-state index in [0.29, 0.717) is 5.01 Å². The Bertz CT molecular complexity index is 272. The van der Waals surface area contributed by atoms with Crippen molar-refractivity contribution in [2.24, 2.45) is 0 Å². The molecule has 5 heteroatoms. The number of aromatic nitrogens is 1. The van der Waals surface area contributed by atoms with Crippen LogP contribution in [0.15, 0.2) is 0 Å². The number of aryl methyl sites for hydroxylation is 1. The van der Waals surface area contributed by atoms with E-state index in [1.165, 1.54) is 6.29 Å². The molecule has 1 radical (unpaired) electrons. The van der Waals surface area contributed by atoms with Gasteiger partial charge in [-0.1, -0.05) is 0 Å². The van der Waals surface area contributed by atoms with Gasteiger partial charge in [-0.05, 0) is 6.92 Å². The van der Waals surface area contributed by atoms with Gasteiger partial charge in [0, 0.05) is 0 Å². The minimum absolute atomic E-state index is 0.0995. The van der Waals surface area contributed by atoms with Crippen molar-refractivity contribution < 1.29 is 13.6 Å². The van der Waals surface area contributed by atoms with Gasteiger partial charge < -0.3 is 0 Å². The predicted octanol–water partition coefficient (Wildman–Crippen LogP) is 1.85. The summed E-state index contributed by atoms with van der Waals surface area (Å²) in [5, 5.41) is 0.457. The summed E-state index contributed by atoms with van der Waals surface area (Å²) in [5.74, 6) is 0. The monoisotopic (exact) mass is 176 g/mol. The Balaban J connectivity index is 3.11. The van der Waals surface area contributed by atoms with Gasteiger partial charge in [-0.25, -0.2) is 13.8 Å². The molecule has 0 unspecified atom stereocenters. The van der Waals surface area contributed by atoms with Gasteiger partial charge in [0.1, 0.15) is 10.6 Å². The second-order valence-corrected chi connectivity index (χ2v) is 3.05. The van der Waals surface area contributed by atoms with Gasteiger partial charge in [-0.3, -0.25) is 4.79 Å². The number of alkyl halides is 2. The molecular formula is C6H4F2NOS. The first-order valence-corrected chi connectivity index (χ1v) is 3.60. The maximum atomic E-state index is 12.0. The average Bonchev–Trinajstić information content (AvgIpc) is 2.30. The van der Waals surface area contributed by atoms with Crippen molar-refractivity contribution in [3.8, 4) is 0 Å². The minimum atomic E-state index is -2.68. The third-order valence-corrected chi connectivity index (χ3v) is 1.94. The fourth-order valence-corrected chi connectivity index (χ4v) is 1.38. The van der Waals surface area contributed by atoms with Crippen LogP contribution in [0, 0.1) is 6.92 Å². The third kappa shape index (κ3) is 1.59. The maximum Gasteiger partial charge on any atom is 0.281 e. The SMILES string of the molecule is Cc1nc(C(F)F)c([C]=O)s1. The largest absolute Gasteiger partial charge is 0.284 e. The molecule has 0 atom stereocenters. The number of hydrogen-bond donors (Lipinski definition) is 0. The molecule has 59 valence electrons. The lowest BCUT2D eigenvalue weighted by Crippen LogP contribution is -1.89. The summed E-state index contributed by atoms with van der Waals surface area (Å²) >= 11 is 0.928. The summed E-state index contributed by atoms with van der Waals surface area (Å²) in [6.45, 7) is 1.57. The lowest BCUT2D eigenvalue weighted by atomic mass is 10.4. The van der Waals surface area contributed by atoms with Crippen molar-refractivity contribution in [3.05, 3.63) is 15.6 Å². The van der Waals surface area contributed by atoms with E-state index < -0.39 is 12.1 Å². The molecule has 0 amide bonds. The lowest BCUT2D eigenvalue weighted by Gasteiger charge is -1.90. The van der Waals surface area contributed by atoms with Gasteiger partial charge in [0.2, 0.25) is 6.29 Å². The number of carbonyl (C=O) groups excluding carboxylic acids is 1. The molecule has 0 N–H and O–H groups in total. The van der Waals surface area contributed by atoms with Crippen LogP contribution >= 0.6 is 11.3 Å². The minimum Gasteiger partial charge on any atom is -0.284 e. The van der Waals surface area contributed by atoms with Crippen molar-refractivity contribution in [2.45, 2.75) is 13.3 Å². The molecule has 2 nitrogen and oxygen atoms in total. The van der Waals surface area contributed by atoms with Crippen LogP contribution in [0.5, 0.6) is 0 Å². The van der Waals surface area contributed by atoms with E-state index in [1.807, 2.05) is 0 Å². The molecule has 1 heterocycles. The summed E-state index contributed by atoms with van der Waals surface area (Å²) in [4.78, 5) is 13.4. The molecule has 0 saturated carbocycles. The fraction of sp³-hybridized carbons (Fsp3) is 0.333. The zero-order chi connectivity index (χ0) is 8.43. The first-order valence-electron chi connectivity index (χ1n) is 2.78. The van der Waals surface area contributed by atoms with E-state index in [-0.39, 0.29) is 4.88 Å². The Kier molecular flexibility index (Phi) is 2.28. The molecular weight excluding hydrogens is 172 g/mol. The molecule has 1 rings (SSSR count). The first-order chi connectivity index (χ1) is 5.15. The lowest BCUT2D eigenvalue weighted by molar-refractivity contribution is 0.146. The van der Waals surface area contributed by atoms with Gasteiger partial charge >= 0.3 is 0 Å². The topological polar surface area (TPSA) is 30.0 Å². The van der Waals surface area contributed by atoms with Crippen LogP contribution in [0.1, 0.15) is 22.0 Å². The predicted molar refractivity (Wildman–Crippen MR) is 36.6 cm³/mol. The van der Waals surface area contributed by atoms with Crippen LogP contribution in [-0.4, -0.2) is 11.3 Å². The third-order valence-electron chi connectivity index (χ3n) is 1.06. The molecule has 0 saturated heterocycles. The Morgan fingerprint density at radius 3 is 2.64 bits per heavy atom. The molecule has 0 aliphatic carbocycles. The Morgan fingerprint density at radius 1 is 1.64 bits per heavy atom. The normalized spacial score (nSPS) is 10.5. The Labute approximate surface area is 65.9 Å². The highest BCUT2D eigenvalue weighted by Gasteiger charge is 2.17. The van der Waals surface area contributed by atoms with Crippen molar-refractivity contribution in [1.82, 2.24) is 4.98 Å². The zero-order valence-corrected chi connectivity index (χ0v) is 6.41. The summed E-state index contributed by atoms with van der Waals surface area (Å²) in [6, 6.07) is 0. The van der Waals surface area contributed by atoms with Gasteiger partial charge in [0.25, 0.3) is 6.43 Å². The molecule has 0 aliphatic heterocycles. The van der Waals surface area contributed by atoms with E-state index in [1.54, 1.807) is 6.92 Å². The van der Waals surface area contributed by atoms with E-state index in [0.717, 1.165) is 11.3 Å². The van der Waals surface area contributed by atoms with Crippen LogP contribution < -0.4 is 0 Å². The second-order valence-electron chi connectivity index (χ2n) is 1.85. The zero-order valence-electron chi connectivity index (χ0n) is 5.60. The second kappa shape index (κ2) is 3.04. The van der Waals surface area contributed by atoms with E-state index in [4.69, 9.17) is 0 Å². The highest BCUT2D eigenvalue weighted by atomic mass is 32.1. The Hall–Kier alpha value is -0.840. The van der Waals surface area contributed by atoms with Crippen LogP contribution in [0.25, 0.3) is 0 Å². The van der Waals surface area contributed by atoms with Gasteiger partial charge in [0.05, 0.1) is 5.01 Å². The summed E-state index contributed by atoms with van der Waals surface area (Å²) < 4.78 is 24.0. The highest BCUT2D eigenvalue weighted by molar-refractivity contribution is 7.13. The van der Waals surface area contributed by atoms with E-state index in [2.05, 4.69) is 4.98 Å². The number of thiazole rings is 1. The van der Waals surface area contributed by atoms with Crippen molar-refractivity contribution in [1.29, 1.82) is 0 Å². The molecule has 1 aromatic heterocycles. The van der Waals surface area contributed by atoms with E-state index in [9.17, 15) is 13.6 Å². The summed E-state index contributed by atoms with van der Waals surface area (Å²) in [6.07, 6.45) is -1.26. The highest BCUT2D eigenvalue weighted by Crippen LogP contribution is 2.25. The molecule has 0 fully saturated rings. The number of halogens is 2. The van der Waals surface area contributed by atoms with Crippen LogP contribution in [0.2, 0.25) is 0 Å². The van der Waals surface area contributed by atoms with Crippen molar-refractivity contribution in [3.63, 3.8) is 0 Å². The molecule has 0 aromatic carbocycles. The first kappa shape index (κ1) is 8.26. The standard InChI is InChI=1S/C6H4F2NOS/c1-3-9-5(6(7)8)4(2-10)11-3/h6H,1H3. The number of nitrogens with zero attached hydrogens (tertiary/aromatic N) is 1. The van der Waals surface area contributed by atoms with Crippen LogP contribution in [0.3, 0.4) is 0 Å². The summed E-state index contributed by atoms with van der Waals surface area (Å²) in [7, 11) is 0. The van der Waals surface area contributed by atoms with Gasteiger partial charge in [0.15, 0.2) is 0 Å². The van der Waals surface area contributed by atoms with Crippen molar-refractivity contribution >= 4 is 17.6 Å². The summed E-state index contributed by atoms with van der Waals surface area (Å²) in [5.41, 5.74) is -0.456. The van der Waals surface area contributed by atoms with Crippen LogP contribution in [-0.2, 0) is 4.79 Å².